The van der Waals surface area contributed by atoms with E-state index in [0.717, 1.165) is 6.54 Å². The summed E-state index contributed by atoms with van der Waals surface area (Å²) in [5, 5.41) is 0. The highest BCUT2D eigenvalue weighted by atomic mass is 14.7. The van der Waals surface area contributed by atoms with Crippen LogP contribution >= 0.6 is 0 Å². The number of rotatable bonds is 3. The van der Waals surface area contributed by atoms with Crippen LogP contribution in [0.25, 0.3) is 0 Å². The minimum absolute atomic E-state index is 0.913. The second-order valence-corrected chi connectivity index (χ2v) is 2.11. The van der Waals surface area contributed by atoms with Crippen LogP contribution in [0.5, 0.6) is 0 Å². The van der Waals surface area contributed by atoms with Gasteiger partial charge in [0.1, 0.15) is 0 Å². The molecule has 0 atom stereocenters. The van der Waals surface area contributed by atoms with Gasteiger partial charge in [-0.05, 0) is 20.1 Å². The fourth-order valence-corrected chi connectivity index (χ4v) is 0.536. The van der Waals surface area contributed by atoms with Crippen LogP contribution in [0.1, 0.15) is 47.0 Å². The number of nitrogens with zero attached hydrogens (tertiary/aromatic N) is 1. The lowest BCUT2D eigenvalue weighted by atomic mass is 10.3. The van der Waals surface area contributed by atoms with Crippen LogP contribution in [-0.2, 0) is 0 Å². The number of hydrogen-bond donors (Lipinski definition) is 0. The van der Waals surface area contributed by atoms with Crippen molar-refractivity contribution in [3.8, 4) is 0 Å². The maximum atomic E-state index is 3.85. The van der Waals surface area contributed by atoms with Gasteiger partial charge in [-0.2, -0.15) is 0 Å². The summed E-state index contributed by atoms with van der Waals surface area (Å²) in [5.41, 5.74) is 0. The molecule has 0 aromatic rings. The minimum Gasteiger partial charge on any atom is -0.298 e. The molecular weight excluding hydrogens is 122 g/mol. The first-order valence-electron chi connectivity index (χ1n) is 4.27. The molecule has 0 radical (unpaired) electrons. The molecule has 0 bridgehead atoms. The number of hydrogen-bond acceptors (Lipinski definition) is 1. The molecule has 0 fully saturated rings. The van der Waals surface area contributed by atoms with Crippen LogP contribution in [0, 0.1) is 0 Å². The van der Waals surface area contributed by atoms with Gasteiger partial charge in [0.2, 0.25) is 0 Å². The van der Waals surface area contributed by atoms with E-state index in [9.17, 15) is 0 Å². The molecule has 62 valence electrons. The lowest BCUT2D eigenvalue weighted by Crippen LogP contribution is -1.62. The van der Waals surface area contributed by atoms with Crippen molar-refractivity contribution in [3.05, 3.63) is 0 Å². The van der Waals surface area contributed by atoms with Crippen molar-refractivity contribution in [2.45, 2.75) is 47.0 Å². The van der Waals surface area contributed by atoms with Gasteiger partial charge in [0.25, 0.3) is 0 Å². The van der Waals surface area contributed by atoms with Crippen molar-refractivity contribution in [1.29, 1.82) is 0 Å². The molecule has 0 heterocycles. The van der Waals surface area contributed by atoms with Crippen LogP contribution < -0.4 is 0 Å². The zero-order chi connectivity index (χ0) is 8.24. The Hall–Kier alpha value is -0.330. The van der Waals surface area contributed by atoms with Crippen molar-refractivity contribution in [3.63, 3.8) is 0 Å². The Morgan fingerprint density at radius 1 is 1.10 bits per heavy atom. The molecule has 0 saturated carbocycles. The third kappa shape index (κ3) is 25.3. The summed E-state index contributed by atoms with van der Waals surface area (Å²) in [4.78, 5) is 3.85. The van der Waals surface area contributed by atoms with Gasteiger partial charge in [-0.3, -0.25) is 4.99 Å². The van der Waals surface area contributed by atoms with Gasteiger partial charge < -0.3 is 0 Å². The Balaban J connectivity index is 0. The molecule has 0 saturated heterocycles. The van der Waals surface area contributed by atoms with E-state index in [1.54, 1.807) is 6.21 Å². The quantitative estimate of drug-likeness (QED) is 0.537. The molecule has 0 N–H and O–H groups in total. The molecule has 1 nitrogen and oxygen atoms in total. The van der Waals surface area contributed by atoms with Crippen LogP contribution in [0.2, 0.25) is 0 Å². The molecule has 0 aromatic carbocycles. The molecule has 1 heteroatoms. The Kier molecular flexibility index (Phi) is 19.6. The fraction of sp³-hybridized carbons (Fsp3) is 0.889. The zero-order valence-corrected chi connectivity index (χ0v) is 7.85. The van der Waals surface area contributed by atoms with E-state index in [-0.39, 0.29) is 0 Å². The lowest BCUT2D eigenvalue weighted by Gasteiger charge is -1.79. The van der Waals surface area contributed by atoms with Crippen LogP contribution in [0.4, 0.5) is 0 Å². The normalized spacial score (nSPS) is 9.20. The standard InChI is InChI=1S/C5H12.C4H9N/c2*1-3-5-4-2/h3-5H2,1-2H3;3H,4H2,1-2H3. The summed E-state index contributed by atoms with van der Waals surface area (Å²) < 4.78 is 0. The van der Waals surface area contributed by atoms with E-state index in [1.165, 1.54) is 19.3 Å². The van der Waals surface area contributed by atoms with Gasteiger partial charge in [0.05, 0.1) is 0 Å². The molecule has 0 aliphatic carbocycles. The average molecular weight is 143 g/mol. The van der Waals surface area contributed by atoms with Crippen LogP contribution in [0.3, 0.4) is 0 Å². The van der Waals surface area contributed by atoms with Gasteiger partial charge in [0.15, 0.2) is 0 Å². The molecule has 0 aliphatic heterocycles. The summed E-state index contributed by atoms with van der Waals surface area (Å²) in [6.45, 7) is 9.27. The fourth-order valence-electron chi connectivity index (χ4n) is 0.536. The van der Waals surface area contributed by atoms with Crippen molar-refractivity contribution < 1.29 is 0 Å². The first kappa shape index (κ1) is 12.4. The minimum atomic E-state index is 0.913. The van der Waals surface area contributed by atoms with Crippen molar-refractivity contribution in [1.82, 2.24) is 0 Å². The highest BCUT2D eigenvalue weighted by molar-refractivity contribution is 5.52. The molecule has 0 rings (SSSR count). The second-order valence-electron chi connectivity index (χ2n) is 2.11. The Bertz CT molecular complexity index is 55.7. The van der Waals surface area contributed by atoms with Crippen LogP contribution in [-0.4, -0.2) is 12.8 Å². The van der Waals surface area contributed by atoms with Gasteiger partial charge in [0, 0.05) is 6.54 Å². The molecule has 0 amide bonds. The second kappa shape index (κ2) is 15.9. The summed E-state index contributed by atoms with van der Waals surface area (Å²) in [5.74, 6) is 0. The number of aliphatic imine (C=N–C) groups is 1. The van der Waals surface area contributed by atoms with Gasteiger partial charge in [-0.25, -0.2) is 0 Å². The molecule has 0 aliphatic rings. The zero-order valence-electron chi connectivity index (χ0n) is 7.85. The van der Waals surface area contributed by atoms with Gasteiger partial charge in [-0.15, -0.1) is 0 Å². The SMILES string of the molecule is CC=NCC.CCCCC. The largest absolute Gasteiger partial charge is 0.298 e. The number of unbranched alkanes of at least 4 members (excludes halogenated alkanes) is 2. The van der Waals surface area contributed by atoms with E-state index < -0.39 is 0 Å². The molecular formula is C9H21N. The van der Waals surface area contributed by atoms with Crippen LogP contribution in [0.15, 0.2) is 4.99 Å². The predicted octanol–water partition coefficient (Wildman–Crippen LogP) is 3.29. The Morgan fingerprint density at radius 2 is 1.60 bits per heavy atom. The van der Waals surface area contributed by atoms with E-state index in [2.05, 4.69) is 18.8 Å². The first-order valence-corrected chi connectivity index (χ1v) is 4.27. The average Bonchev–Trinajstić information content (AvgIpc) is 1.93. The summed E-state index contributed by atoms with van der Waals surface area (Å²) in [6, 6.07) is 0. The first-order chi connectivity index (χ1) is 4.83. The van der Waals surface area contributed by atoms with E-state index in [0.29, 0.717) is 0 Å². The monoisotopic (exact) mass is 143 g/mol. The van der Waals surface area contributed by atoms with Gasteiger partial charge in [-0.1, -0.05) is 33.1 Å². The Morgan fingerprint density at radius 3 is 1.60 bits per heavy atom. The third-order valence-electron chi connectivity index (χ3n) is 1.07. The molecule has 0 spiro atoms. The highest BCUT2D eigenvalue weighted by Gasteiger charge is 1.68. The van der Waals surface area contributed by atoms with Crippen molar-refractivity contribution in [2.75, 3.05) is 6.54 Å². The third-order valence-corrected chi connectivity index (χ3v) is 1.07. The highest BCUT2D eigenvalue weighted by Crippen LogP contribution is 1.88. The van der Waals surface area contributed by atoms with Crippen molar-refractivity contribution >= 4 is 6.21 Å². The van der Waals surface area contributed by atoms with E-state index in [4.69, 9.17) is 0 Å². The van der Waals surface area contributed by atoms with E-state index in [1.807, 2.05) is 13.8 Å². The summed E-state index contributed by atoms with van der Waals surface area (Å²) >= 11 is 0. The van der Waals surface area contributed by atoms with Gasteiger partial charge >= 0.3 is 0 Å². The summed E-state index contributed by atoms with van der Waals surface area (Å²) in [7, 11) is 0. The maximum Gasteiger partial charge on any atom is 0.0356 e. The molecule has 0 aromatic heterocycles. The molecule has 0 unspecified atom stereocenters. The Labute approximate surface area is 65.6 Å². The molecule has 10 heavy (non-hydrogen) atoms. The lowest BCUT2D eigenvalue weighted by molar-refractivity contribution is 0.772. The predicted molar refractivity (Wildman–Crippen MR) is 49.9 cm³/mol. The maximum absolute atomic E-state index is 3.85. The topological polar surface area (TPSA) is 12.4 Å². The van der Waals surface area contributed by atoms with Crippen molar-refractivity contribution in [2.24, 2.45) is 4.99 Å². The smallest absolute Gasteiger partial charge is 0.0356 e. The van der Waals surface area contributed by atoms with E-state index >= 15 is 0 Å². The summed E-state index contributed by atoms with van der Waals surface area (Å²) in [6.07, 6.45) is 5.88.